The summed E-state index contributed by atoms with van der Waals surface area (Å²) in [7, 11) is 0. The summed E-state index contributed by atoms with van der Waals surface area (Å²) in [6.07, 6.45) is 0. The number of amides is 1. The number of rotatable bonds is 8. The van der Waals surface area contributed by atoms with Crippen LogP contribution in [0.5, 0.6) is 0 Å². The lowest BCUT2D eigenvalue weighted by Crippen LogP contribution is -2.23. The molecule has 0 aliphatic rings. The van der Waals surface area contributed by atoms with Crippen molar-refractivity contribution in [3.63, 3.8) is 0 Å². The zero-order chi connectivity index (χ0) is 15.8. The molecule has 0 heterocycles. The van der Waals surface area contributed by atoms with E-state index in [2.05, 4.69) is 17.6 Å². The van der Waals surface area contributed by atoms with Crippen molar-refractivity contribution in [2.45, 2.75) is 26.8 Å². The number of hydrogen-bond acceptors (Lipinski definition) is 5. The molecule has 1 amide bonds. The fraction of sp³-hybridized carbons (Fsp3) is 0.500. The average Bonchev–Trinajstić information content (AvgIpc) is 2.45. The van der Waals surface area contributed by atoms with E-state index in [1.54, 1.807) is 30.8 Å². The summed E-state index contributed by atoms with van der Waals surface area (Å²) in [6, 6.07) is 4.62. The second-order valence-corrected chi connectivity index (χ2v) is 5.87. The Morgan fingerprint density at radius 1 is 1.43 bits per heavy atom. The van der Waals surface area contributed by atoms with Crippen LogP contribution < -0.4 is 10.6 Å². The molecule has 21 heavy (non-hydrogen) atoms. The first-order valence-electron chi connectivity index (χ1n) is 6.90. The highest BCUT2D eigenvalue weighted by Crippen LogP contribution is 2.26. The van der Waals surface area contributed by atoms with Crippen LogP contribution in [0.2, 0.25) is 0 Å². The van der Waals surface area contributed by atoms with Gasteiger partial charge in [-0.1, -0.05) is 6.92 Å². The van der Waals surface area contributed by atoms with Crippen molar-refractivity contribution in [2.75, 3.05) is 23.4 Å². The summed E-state index contributed by atoms with van der Waals surface area (Å²) in [5.74, 6) is 1.57. The first kappa shape index (κ1) is 17.3. The summed E-state index contributed by atoms with van der Waals surface area (Å²) in [6.45, 7) is 6.33. The summed E-state index contributed by atoms with van der Waals surface area (Å²) < 4.78 is 0. The number of anilines is 1. The molecule has 0 fully saturated rings. The van der Waals surface area contributed by atoms with E-state index in [1.165, 1.54) is 6.07 Å². The maximum Gasteiger partial charge on any atom is 0.293 e. The fourth-order valence-electron chi connectivity index (χ4n) is 1.81. The van der Waals surface area contributed by atoms with E-state index in [1.807, 2.05) is 6.92 Å². The molecular weight excluding hydrogens is 290 g/mol. The molecule has 2 N–H and O–H groups in total. The van der Waals surface area contributed by atoms with Crippen molar-refractivity contribution < 1.29 is 9.72 Å². The zero-order valence-electron chi connectivity index (χ0n) is 12.5. The molecular formula is C14H21N3O3S. The summed E-state index contributed by atoms with van der Waals surface area (Å²) >= 11 is 1.77. The number of carbonyl (C=O) groups excluding carboxylic acids is 1. The first-order chi connectivity index (χ1) is 9.99. The minimum atomic E-state index is -0.468. The van der Waals surface area contributed by atoms with Crippen LogP contribution >= 0.6 is 11.8 Å². The van der Waals surface area contributed by atoms with Gasteiger partial charge in [0.25, 0.3) is 11.6 Å². The molecule has 0 bridgehead atoms. The fourth-order valence-corrected chi connectivity index (χ4v) is 2.48. The highest BCUT2D eigenvalue weighted by atomic mass is 32.2. The van der Waals surface area contributed by atoms with Gasteiger partial charge in [0.2, 0.25) is 0 Å². The van der Waals surface area contributed by atoms with Crippen LogP contribution in [0.15, 0.2) is 18.2 Å². The van der Waals surface area contributed by atoms with Crippen LogP contribution in [0.4, 0.5) is 11.4 Å². The third-order valence-corrected chi connectivity index (χ3v) is 3.91. The molecule has 0 radical (unpaired) electrons. The standard InChI is InChI=1S/C14H21N3O3S/c1-4-15-14(18)11-6-7-12(13(8-11)17(19)20)16-10(3)9-21-5-2/h6-8,10,16H,4-5,9H2,1-3H3,(H,15,18). The molecule has 0 spiro atoms. The van der Waals surface area contributed by atoms with Gasteiger partial charge in [-0.2, -0.15) is 11.8 Å². The monoisotopic (exact) mass is 311 g/mol. The zero-order valence-corrected chi connectivity index (χ0v) is 13.3. The Morgan fingerprint density at radius 2 is 2.14 bits per heavy atom. The molecule has 1 atom stereocenters. The number of nitrogens with one attached hydrogen (secondary N) is 2. The summed E-state index contributed by atoms with van der Waals surface area (Å²) in [5.41, 5.74) is 0.661. The van der Waals surface area contributed by atoms with Crippen molar-refractivity contribution in [1.82, 2.24) is 5.32 Å². The van der Waals surface area contributed by atoms with Crippen LogP contribution in [-0.4, -0.2) is 34.9 Å². The first-order valence-corrected chi connectivity index (χ1v) is 8.06. The van der Waals surface area contributed by atoms with E-state index in [4.69, 9.17) is 0 Å². The molecule has 6 nitrogen and oxygen atoms in total. The van der Waals surface area contributed by atoms with Gasteiger partial charge >= 0.3 is 0 Å². The van der Waals surface area contributed by atoms with Gasteiger partial charge in [-0.15, -0.1) is 0 Å². The Kier molecular flexibility index (Phi) is 7.01. The van der Waals surface area contributed by atoms with Gasteiger partial charge < -0.3 is 10.6 Å². The van der Waals surface area contributed by atoms with Crippen LogP contribution in [0, 0.1) is 10.1 Å². The Labute approximate surface area is 128 Å². The third kappa shape index (κ3) is 5.26. The molecule has 1 aromatic carbocycles. The van der Waals surface area contributed by atoms with Crippen molar-refractivity contribution in [3.8, 4) is 0 Å². The van der Waals surface area contributed by atoms with Gasteiger partial charge in [-0.25, -0.2) is 0 Å². The van der Waals surface area contributed by atoms with Gasteiger partial charge in [-0.3, -0.25) is 14.9 Å². The van der Waals surface area contributed by atoms with Gasteiger partial charge in [0.05, 0.1) is 4.92 Å². The Balaban J connectivity index is 2.94. The topological polar surface area (TPSA) is 84.3 Å². The van der Waals surface area contributed by atoms with Crippen LogP contribution in [0.3, 0.4) is 0 Å². The largest absolute Gasteiger partial charge is 0.376 e. The number of nitrogens with zero attached hydrogens (tertiary/aromatic N) is 1. The highest BCUT2D eigenvalue weighted by molar-refractivity contribution is 7.99. The van der Waals surface area contributed by atoms with E-state index in [9.17, 15) is 14.9 Å². The lowest BCUT2D eigenvalue weighted by atomic mass is 10.1. The predicted molar refractivity (Wildman–Crippen MR) is 87.2 cm³/mol. The maximum atomic E-state index is 11.7. The minimum absolute atomic E-state index is 0.0768. The van der Waals surface area contributed by atoms with E-state index in [0.717, 1.165) is 11.5 Å². The highest BCUT2D eigenvalue weighted by Gasteiger charge is 2.18. The van der Waals surface area contributed by atoms with Crippen molar-refractivity contribution in [2.24, 2.45) is 0 Å². The molecule has 1 aromatic rings. The molecule has 0 aliphatic carbocycles. The van der Waals surface area contributed by atoms with Crippen LogP contribution in [0.25, 0.3) is 0 Å². The average molecular weight is 311 g/mol. The summed E-state index contributed by atoms with van der Waals surface area (Å²) in [5, 5.41) is 16.9. The van der Waals surface area contributed by atoms with E-state index in [-0.39, 0.29) is 17.6 Å². The number of nitro groups is 1. The molecule has 0 aromatic heterocycles. The van der Waals surface area contributed by atoms with Gasteiger partial charge in [0.15, 0.2) is 0 Å². The SMILES string of the molecule is CCNC(=O)c1ccc(NC(C)CSCC)c([N+](=O)[O-])c1. The lowest BCUT2D eigenvalue weighted by Gasteiger charge is -2.15. The molecule has 0 aliphatic heterocycles. The smallest absolute Gasteiger partial charge is 0.293 e. The Hall–Kier alpha value is -1.76. The normalized spacial score (nSPS) is 11.8. The van der Waals surface area contributed by atoms with Crippen molar-refractivity contribution in [3.05, 3.63) is 33.9 Å². The molecule has 7 heteroatoms. The Bertz CT molecular complexity index is 508. The van der Waals surface area contributed by atoms with Gasteiger partial charge in [0, 0.05) is 30.0 Å². The molecule has 116 valence electrons. The number of thioether (sulfide) groups is 1. The minimum Gasteiger partial charge on any atom is -0.376 e. The number of nitro benzene ring substituents is 1. The molecule has 1 unspecified atom stereocenters. The second kappa shape index (κ2) is 8.51. The van der Waals surface area contributed by atoms with Crippen LogP contribution in [0.1, 0.15) is 31.1 Å². The second-order valence-electron chi connectivity index (χ2n) is 4.55. The van der Waals surface area contributed by atoms with E-state index >= 15 is 0 Å². The van der Waals surface area contributed by atoms with Crippen molar-refractivity contribution in [1.29, 1.82) is 0 Å². The maximum absolute atomic E-state index is 11.7. The van der Waals surface area contributed by atoms with Gasteiger partial charge in [0.1, 0.15) is 5.69 Å². The quantitative estimate of drug-likeness (QED) is 0.569. The third-order valence-electron chi connectivity index (χ3n) is 2.77. The molecule has 0 saturated carbocycles. The van der Waals surface area contributed by atoms with E-state index in [0.29, 0.717) is 17.8 Å². The number of hydrogen-bond donors (Lipinski definition) is 2. The van der Waals surface area contributed by atoms with Gasteiger partial charge in [-0.05, 0) is 31.7 Å². The summed E-state index contributed by atoms with van der Waals surface area (Å²) in [4.78, 5) is 22.4. The predicted octanol–water partition coefficient (Wildman–Crippen LogP) is 2.90. The Morgan fingerprint density at radius 3 is 2.71 bits per heavy atom. The number of benzene rings is 1. The lowest BCUT2D eigenvalue weighted by molar-refractivity contribution is -0.384. The molecule has 0 saturated heterocycles. The molecule has 1 rings (SSSR count). The van der Waals surface area contributed by atoms with Crippen molar-refractivity contribution >= 4 is 29.0 Å². The van der Waals surface area contributed by atoms with E-state index < -0.39 is 4.92 Å². The van der Waals surface area contributed by atoms with Crippen LogP contribution in [-0.2, 0) is 0 Å². The number of carbonyl (C=O) groups is 1.